The van der Waals surface area contributed by atoms with E-state index in [1.165, 1.54) is 0 Å². The Balaban J connectivity index is 1.69. The number of ether oxygens (including phenoxy) is 1. The Morgan fingerprint density at radius 1 is 1.32 bits per heavy atom. The van der Waals surface area contributed by atoms with E-state index in [9.17, 15) is 23.1 Å². The van der Waals surface area contributed by atoms with Gasteiger partial charge in [0.1, 0.15) is 17.9 Å². The molecule has 1 aliphatic carbocycles. The summed E-state index contributed by atoms with van der Waals surface area (Å²) >= 11 is 0. The van der Waals surface area contributed by atoms with Crippen molar-refractivity contribution in [3.05, 3.63) is 29.8 Å². The predicted molar refractivity (Wildman–Crippen MR) is 85.1 cm³/mol. The molecule has 0 bridgehead atoms. The van der Waals surface area contributed by atoms with Gasteiger partial charge in [-0.2, -0.15) is 13.2 Å². The van der Waals surface area contributed by atoms with Gasteiger partial charge in [-0.15, -0.1) is 0 Å². The molecule has 3 unspecified atom stereocenters. The molecule has 138 valence electrons. The first-order chi connectivity index (χ1) is 11.8. The van der Waals surface area contributed by atoms with E-state index in [1.54, 1.807) is 0 Å². The Morgan fingerprint density at radius 3 is 2.80 bits per heavy atom. The molecule has 2 N–H and O–H groups in total. The summed E-state index contributed by atoms with van der Waals surface area (Å²) in [7, 11) is 0. The van der Waals surface area contributed by atoms with Gasteiger partial charge in [-0.25, -0.2) is 0 Å². The fourth-order valence-corrected chi connectivity index (χ4v) is 3.73. The second kappa shape index (κ2) is 6.86. The van der Waals surface area contributed by atoms with Crippen LogP contribution in [0.1, 0.15) is 31.2 Å². The largest absolute Gasteiger partial charge is 0.491 e. The third-order valence-corrected chi connectivity index (χ3v) is 5.20. The molecule has 3 rings (SSSR count). The maximum Gasteiger partial charge on any atom is 0.391 e. The topological polar surface area (TPSA) is 58.6 Å². The molecule has 0 saturated heterocycles. The molecule has 1 amide bonds. The maximum absolute atomic E-state index is 13.0. The van der Waals surface area contributed by atoms with Gasteiger partial charge in [0.15, 0.2) is 0 Å². The fourth-order valence-electron chi connectivity index (χ4n) is 3.73. The van der Waals surface area contributed by atoms with Crippen molar-refractivity contribution in [1.29, 1.82) is 0 Å². The van der Waals surface area contributed by atoms with Crippen molar-refractivity contribution in [2.75, 3.05) is 13.2 Å². The maximum atomic E-state index is 13.0. The molecule has 1 aromatic rings. The number of para-hydroxylation sites is 1. The lowest BCUT2D eigenvalue weighted by atomic mass is 9.79. The number of aliphatic hydroxyl groups excluding tert-OH is 1. The molecule has 1 aromatic carbocycles. The smallest absolute Gasteiger partial charge is 0.391 e. The van der Waals surface area contributed by atoms with Gasteiger partial charge in [-0.1, -0.05) is 24.6 Å². The van der Waals surface area contributed by atoms with E-state index in [0.29, 0.717) is 25.0 Å². The molecule has 1 aliphatic heterocycles. The molecule has 0 aromatic heterocycles. The molecular weight excluding hydrogens is 335 g/mol. The van der Waals surface area contributed by atoms with E-state index in [2.05, 4.69) is 5.32 Å². The molecule has 2 aliphatic rings. The molecule has 1 fully saturated rings. The Kier molecular flexibility index (Phi) is 4.95. The molecule has 7 heteroatoms. The zero-order valence-electron chi connectivity index (χ0n) is 13.8. The normalized spacial score (nSPS) is 29.4. The zero-order chi connectivity index (χ0) is 18.1. The molecule has 1 heterocycles. The van der Waals surface area contributed by atoms with Gasteiger partial charge in [0, 0.05) is 12.3 Å². The van der Waals surface area contributed by atoms with E-state index >= 15 is 0 Å². The van der Waals surface area contributed by atoms with Gasteiger partial charge in [0.05, 0.1) is 12.5 Å². The number of nitrogens with one attached hydrogen (secondary N) is 1. The fraction of sp³-hybridized carbons (Fsp3) is 0.611. The number of rotatable bonds is 3. The number of alkyl halides is 3. The summed E-state index contributed by atoms with van der Waals surface area (Å²) in [5.41, 5.74) is -0.128. The number of aliphatic hydroxyl groups is 1. The van der Waals surface area contributed by atoms with Crippen LogP contribution >= 0.6 is 0 Å². The third kappa shape index (κ3) is 3.92. The molecule has 0 radical (unpaired) electrons. The Morgan fingerprint density at radius 2 is 2.08 bits per heavy atom. The summed E-state index contributed by atoms with van der Waals surface area (Å²) in [6, 6.07) is 7.34. The van der Waals surface area contributed by atoms with Gasteiger partial charge in [0.25, 0.3) is 0 Å². The van der Waals surface area contributed by atoms with Gasteiger partial charge >= 0.3 is 6.18 Å². The van der Waals surface area contributed by atoms with Gasteiger partial charge in [-0.05, 0) is 30.9 Å². The number of carbonyl (C=O) groups is 1. The minimum atomic E-state index is -4.26. The standard InChI is InChI=1S/C18H22F3NO3/c19-18(20,21)14-6-3-5-12(8-14)16(24)22-17(10-23)9-13-4-1-2-7-15(13)25-11-17/h1-2,4,7,12,14,23H,3,5-6,8-11H2,(H,22,24). The number of carbonyl (C=O) groups excluding carboxylic acids is 1. The SMILES string of the molecule is O=C(NC1(CO)COc2ccccc2C1)C1CCCC(C(F)(F)F)C1. The van der Waals surface area contributed by atoms with Crippen molar-refractivity contribution in [1.82, 2.24) is 5.32 Å². The van der Waals surface area contributed by atoms with Crippen LogP contribution in [0.25, 0.3) is 0 Å². The van der Waals surface area contributed by atoms with Gasteiger partial charge in [0.2, 0.25) is 5.91 Å². The minimum Gasteiger partial charge on any atom is -0.491 e. The summed E-state index contributed by atoms with van der Waals surface area (Å²) in [6.07, 6.45) is -3.16. The average Bonchev–Trinajstić information content (AvgIpc) is 2.61. The number of amides is 1. The highest BCUT2D eigenvalue weighted by atomic mass is 19.4. The van der Waals surface area contributed by atoms with E-state index < -0.39 is 29.5 Å². The van der Waals surface area contributed by atoms with Crippen LogP contribution in [0.2, 0.25) is 0 Å². The quantitative estimate of drug-likeness (QED) is 0.875. The van der Waals surface area contributed by atoms with Crippen molar-refractivity contribution in [2.45, 2.75) is 43.8 Å². The van der Waals surface area contributed by atoms with Gasteiger partial charge < -0.3 is 15.2 Å². The van der Waals surface area contributed by atoms with E-state index in [-0.39, 0.29) is 26.1 Å². The second-order valence-electron chi connectivity index (χ2n) is 7.10. The summed E-state index contributed by atoms with van der Waals surface area (Å²) in [5.74, 6) is -1.83. The highest BCUT2D eigenvalue weighted by Crippen LogP contribution is 2.40. The Bertz CT molecular complexity index is 634. The monoisotopic (exact) mass is 357 g/mol. The molecule has 4 nitrogen and oxygen atoms in total. The second-order valence-corrected chi connectivity index (χ2v) is 7.10. The zero-order valence-corrected chi connectivity index (χ0v) is 13.8. The van der Waals surface area contributed by atoms with Crippen molar-refractivity contribution < 1.29 is 27.8 Å². The van der Waals surface area contributed by atoms with Crippen LogP contribution in [-0.4, -0.2) is 35.9 Å². The molecule has 25 heavy (non-hydrogen) atoms. The summed E-state index contributed by atoms with van der Waals surface area (Å²) in [6.45, 7) is -0.232. The third-order valence-electron chi connectivity index (χ3n) is 5.20. The molecule has 0 spiro atoms. The lowest BCUT2D eigenvalue weighted by Crippen LogP contribution is -2.60. The van der Waals surface area contributed by atoms with E-state index in [1.807, 2.05) is 24.3 Å². The number of halogens is 3. The average molecular weight is 357 g/mol. The van der Waals surface area contributed by atoms with Crippen molar-refractivity contribution in [3.63, 3.8) is 0 Å². The number of benzene rings is 1. The van der Waals surface area contributed by atoms with Crippen LogP contribution in [0.4, 0.5) is 13.2 Å². The lowest BCUT2D eigenvalue weighted by Gasteiger charge is -2.39. The van der Waals surface area contributed by atoms with Crippen molar-refractivity contribution in [3.8, 4) is 5.75 Å². The number of fused-ring (bicyclic) bond motifs is 1. The van der Waals surface area contributed by atoms with Gasteiger partial charge in [-0.3, -0.25) is 4.79 Å². The van der Waals surface area contributed by atoms with E-state index in [0.717, 1.165) is 5.56 Å². The molecular formula is C18H22F3NO3. The first-order valence-corrected chi connectivity index (χ1v) is 8.53. The summed E-state index contributed by atoms with van der Waals surface area (Å²) in [5, 5.41) is 12.6. The summed E-state index contributed by atoms with van der Waals surface area (Å²) in [4.78, 5) is 12.6. The Labute approximate surface area is 144 Å². The lowest BCUT2D eigenvalue weighted by molar-refractivity contribution is -0.186. The van der Waals surface area contributed by atoms with Crippen LogP contribution in [0.3, 0.4) is 0 Å². The Hall–Kier alpha value is -1.76. The van der Waals surface area contributed by atoms with Crippen molar-refractivity contribution >= 4 is 5.91 Å². The van der Waals surface area contributed by atoms with E-state index in [4.69, 9.17) is 4.74 Å². The predicted octanol–water partition coefficient (Wildman–Crippen LogP) is 2.84. The molecule has 3 atom stereocenters. The highest BCUT2D eigenvalue weighted by Gasteiger charge is 2.45. The van der Waals surface area contributed by atoms with Crippen LogP contribution in [0, 0.1) is 11.8 Å². The van der Waals surface area contributed by atoms with Crippen LogP contribution < -0.4 is 10.1 Å². The summed E-state index contributed by atoms with van der Waals surface area (Å²) < 4.78 is 44.5. The van der Waals surface area contributed by atoms with Crippen LogP contribution in [0.15, 0.2) is 24.3 Å². The van der Waals surface area contributed by atoms with Crippen LogP contribution in [0.5, 0.6) is 5.75 Å². The van der Waals surface area contributed by atoms with Crippen LogP contribution in [-0.2, 0) is 11.2 Å². The number of hydrogen-bond donors (Lipinski definition) is 2. The molecule has 1 saturated carbocycles. The first kappa shape index (κ1) is 18.0. The first-order valence-electron chi connectivity index (χ1n) is 8.53. The minimum absolute atomic E-state index is 0.0783. The highest BCUT2D eigenvalue weighted by molar-refractivity contribution is 5.79. The number of hydrogen-bond acceptors (Lipinski definition) is 3. The van der Waals surface area contributed by atoms with Crippen molar-refractivity contribution in [2.24, 2.45) is 11.8 Å².